The van der Waals surface area contributed by atoms with Crippen molar-refractivity contribution in [2.24, 2.45) is 5.73 Å². The van der Waals surface area contributed by atoms with Crippen LogP contribution in [0.1, 0.15) is 41.1 Å². The Bertz CT molecular complexity index is 595. The molecule has 2 N–H and O–H groups in total. The Hall–Kier alpha value is -1.38. The highest BCUT2D eigenvalue weighted by Crippen LogP contribution is 2.36. The summed E-state index contributed by atoms with van der Waals surface area (Å²) in [6, 6.07) is 10.4. The number of benzene rings is 1. The smallest absolute Gasteiger partial charge is 0.0510 e. The zero-order valence-electron chi connectivity index (χ0n) is 10.8. The molecular formula is C16H17ClN2. The summed E-state index contributed by atoms with van der Waals surface area (Å²) < 4.78 is 0. The molecule has 0 radical (unpaired) electrons. The van der Waals surface area contributed by atoms with Crippen molar-refractivity contribution in [3.63, 3.8) is 0 Å². The Morgan fingerprint density at radius 1 is 1.32 bits per heavy atom. The minimum absolute atomic E-state index is 0.382. The number of rotatable bonds is 2. The SMILES string of the molecule is NCc1cc(C2CCCc3cccnc32)ccc1Cl. The Balaban J connectivity index is 2.04. The maximum Gasteiger partial charge on any atom is 0.0510 e. The lowest BCUT2D eigenvalue weighted by molar-refractivity contribution is 0.598. The van der Waals surface area contributed by atoms with Crippen LogP contribution in [0, 0.1) is 0 Å². The minimum atomic E-state index is 0.382. The highest BCUT2D eigenvalue weighted by molar-refractivity contribution is 6.31. The highest BCUT2D eigenvalue weighted by Gasteiger charge is 2.23. The van der Waals surface area contributed by atoms with Gasteiger partial charge in [0.05, 0.1) is 5.69 Å². The van der Waals surface area contributed by atoms with Gasteiger partial charge in [-0.05, 0) is 48.1 Å². The fourth-order valence-corrected chi connectivity index (χ4v) is 3.10. The molecule has 0 bridgehead atoms. The van der Waals surface area contributed by atoms with E-state index < -0.39 is 0 Å². The predicted molar refractivity (Wildman–Crippen MR) is 78.4 cm³/mol. The summed E-state index contributed by atoms with van der Waals surface area (Å²) in [5, 5.41) is 0.753. The highest BCUT2D eigenvalue weighted by atomic mass is 35.5. The van der Waals surface area contributed by atoms with Gasteiger partial charge in [0.15, 0.2) is 0 Å². The Morgan fingerprint density at radius 3 is 3.05 bits per heavy atom. The second-order valence-electron chi connectivity index (χ2n) is 5.05. The molecule has 0 amide bonds. The van der Waals surface area contributed by atoms with Crippen molar-refractivity contribution in [3.05, 3.63) is 63.9 Å². The number of nitrogens with zero attached hydrogens (tertiary/aromatic N) is 1. The first-order valence-corrected chi connectivity index (χ1v) is 7.09. The van der Waals surface area contributed by atoms with Crippen LogP contribution in [0.25, 0.3) is 0 Å². The van der Waals surface area contributed by atoms with Crippen molar-refractivity contribution >= 4 is 11.6 Å². The molecule has 1 atom stereocenters. The normalized spacial score (nSPS) is 18.1. The van der Waals surface area contributed by atoms with Crippen LogP contribution in [0.3, 0.4) is 0 Å². The van der Waals surface area contributed by atoms with Crippen LogP contribution in [-0.4, -0.2) is 4.98 Å². The number of halogens is 1. The maximum absolute atomic E-state index is 6.14. The average molecular weight is 273 g/mol. The lowest BCUT2D eigenvalue weighted by Crippen LogP contribution is -2.13. The molecule has 1 aliphatic carbocycles. The molecule has 0 saturated heterocycles. The van der Waals surface area contributed by atoms with Crippen LogP contribution < -0.4 is 5.73 Å². The average Bonchev–Trinajstić information content (AvgIpc) is 2.47. The van der Waals surface area contributed by atoms with E-state index in [1.807, 2.05) is 18.3 Å². The Morgan fingerprint density at radius 2 is 2.21 bits per heavy atom. The van der Waals surface area contributed by atoms with Gasteiger partial charge in [-0.1, -0.05) is 29.8 Å². The van der Waals surface area contributed by atoms with Gasteiger partial charge >= 0.3 is 0 Å². The largest absolute Gasteiger partial charge is 0.326 e. The molecule has 1 aliphatic rings. The molecule has 3 heteroatoms. The van der Waals surface area contributed by atoms with Gasteiger partial charge in [0.1, 0.15) is 0 Å². The molecule has 2 aromatic rings. The summed E-state index contributed by atoms with van der Waals surface area (Å²) in [5.41, 5.74) is 10.6. The number of hydrogen-bond acceptors (Lipinski definition) is 2. The number of fused-ring (bicyclic) bond motifs is 1. The molecule has 1 unspecified atom stereocenters. The van der Waals surface area contributed by atoms with E-state index in [9.17, 15) is 0 Å². The first kappa shape index (κ1) is 12.6. The van der Waals surface area contributed by atoms with E-state index in [4.69, 9.17) is 17.3 Å². The molecule has 98 valence electrons. The Labute approximate surface area is 118 Å². The molecule has 0 saturated carbocycles. The quantitative estimate of drug-likeness (QED) is 0.906. The summed E-state index contributed by atoms with van der Waals surface area (Å²) >= 11 is 6.14. The van der Waals surface area contributed by atoms with E-state index in [1.54, 1.807) is 0 Å². The molecule has 1 aromatic heterocycles. The van der Waals surface area contributed by atoms with Gasteiger partial charge in [0, 0.05) is 23.7 Å². The summed E-state index contributed by atoms with van der Waals surface area (Å²) in [6.07, 6.45) is 5.38. The van der Waals surface area contributed by atoms with E-state index >= 15 is 0 Å². The van der Waals surface area contributed by atoms with Gasteiger partial charge in [-0.15, -0.1) is 0 Å². The summed E-state index contributed by atoms with van der Waals surface area (Å²) in [4.78, 5) is 4.59. The molecule has 1 aromatic carbocycles. The molecule has 3 rings (SSSR count). The van der Waals surface area contributed by atoms with Gasteiger partial charge in [-0.25, -0.2) is 0 Å². The molecule has 1 heterocycles. The molecule has 0 fully saturated rings. The lowest BCUT2D eigenvalue weighted by Gasteiger charge is -2.25. The monoisotopic (exact) mass is 272 g/mol. The van der Waals surface area contributed by atoms with Gasteiger partial charge in [0.25, 0.3) is 0 Å². The van der Waals surface area contributed by atoms with E-state index in [0.29, 0.717) is 12.5 Å². The minimum Gasteiger partial charge on any atom is -0.326 e. The van der Waals surface area contributed by atoms with E-state index in [-0.39, 0.29) is 0 Å². The van der Waals surface area contributed by atoms with Crippen molar-refractivity contribution < 1.29 is 0 Å². The van der Waals surface area contributed by atoms with Gasteiger partial charge < -0.3 is 5.73 Å². The van der Waals surface area contributed by atoms with Crippen LogP contribution in [-0.2, 0) is 13.0 Å². The number of pyridine rings is 1. The van der Waals surface area contributed by atoms with Gasteiger partial charge in [-0.2, -0.15) is 0 Å². The van der Waals surface area contributed by atoms with E-state index in [2.05, 4.69) is 23.2 Å². The van der Waals surface area contributed by atoms with Crippen molar-refractivity contribution in [1.29, 1.82) is 0 Å². The molecule has 2 nitrogen and oxygen atoms in total. The first-order chi connectivity index (χ1) is 9.29. The molecule has 0 spiro atoms. The maximum atomic E-state index is 6.14. The van der Waals surface area contributed by atoms with Crippen LogP contribution in [0.4, 0.5) is 0 Å². The van der Waals surface area contributed by atoms with E-state index in [1.165, 1.54) is 23.2 Å². The van der Waals surface area contributed by atoms with Crippen LogP contribution >= 0.6 is 11.6 Å². The number of nitrogens with two attached hydrogens (primary N) is 1. The first-order valence-electron chi connectivity index (χ1n) is 6.72. The zero-order valence-corrected chi connectivity index (χ0v) is 11.5. The van der Waals surface area contributed by atoms with Crippen molar-refractivity contribution in [3.8, 4) is 0 Å². The number of aromatic nitrogens is 1. The summed E-state index contributed by atoms with van der Waals surface area (Å²) in [7, 11) is 0. The molecule has 19 heavy (non-hydrogen) atoms. The van der Waals surface area contributed by atoms with Crippen LogP contribution in [0.5, 0.6) is 0 Å². The third-order valence-corrected chi connectivity index (χ3v) is 4.26. The Kier molecular flexibility index (Phi) is 3.54. The van der Waals surface area contributed by atoms with Crippen molar-refractivity contribution in [2.75, 3.05) is 0 Å². The zero-order chi connectivity index (χ0) is 13.2. The van der Waals surface area contributed by atoms with Crippen LogP contribution in [0.2, 0.25) is 5.02 Å². The molecule has 0 aliphatic heterocycles. The number of hydrogen-bond donors (Lipinski definition) is 1. The van der Waals surface area contributed by atoms with Crippen molar-refractivity contribution in [1.82, 2.24) is 4.98 Å². The summed E-state index contributed by atoms with van der Waals surface area (Å²) in [5.74, 6) is 0.382. The van der Waals surface area contributed by atoms with Crippen LogP contribution in [0.15, 0.2) is 36.5 Å². The van der Waals surface area contributed by atoms with Gasteiger partial charge in [-0.3, -0.25) is 4.98 Å². The summed E-state index contributed by atoms with van der Waals surface area (Å²) in [6.45, 7) is 0.481. The second kappa shape index (κ2) is 5.32. The fraction of sp³-hybridized carbons (Fsp3) is 0.312. The predicted octanol–water partition coefficient (Wildman–Crippen LogP) is 3.66. The second-order valence-corrected chi connectivity index (χ2v) is 5.45. The van der Waals surface area contributed by atoms with E-state index in [0.717, 1.165) is 23.4 Å². The van der Waals surface area contributed by atoms with Crippen molar-refractivity contribution in [2.45, 2.75) is 31.7 Å². The third kappa shape index (κ3) is 2.38. The third-order valence-electron chi connectivity index (χ3n) is 3.89. The lowest BCUT2D eigenvalue weighted by atomic mass is 9.82. The topological polar surface area (TPSA) is 38.9 Å². The standard InChI is InChI=1S/C16H17ClN2/c17-15-7-6-12(9-13(15)10-18)14-5-1-3-11-4-2-8-19-16(11)14/h2,4,6-9,14H,1,3,5,10,18H2. The van der Waals surface area contributed by atoms with Gasteiger partial charge in [0.2, 0.25) is 0 Å². The molecular weight excluding hydrogens is 256 g/mol. The fourth-order valence-electron chi connectivity index (χ4n) is 2.90. The number of aryl methyl sites for hydroxylation is 1.